The van der Waals surface area contributed by atoms with Gasteiger partial charge in [0.25, 0.3) is 11.2 Å². The van der Waals surface area contributed by atoms with E-state index >= 15 is 0 Å². The van der Waals surface area contributed by atoms with Crippen molar-refractivity contribution in [2.75, 3.05) is 0 Å². The van der Waals surface area contributed by atoms with Crippen LogP contribution in [0.5, 0.6) is 5.75 Å². The number of aromatic amines is 1. The summed E-state index contributed by atoms with van der Waals surface area (Å²) in [5.74, 6) is 1.11. The normalized spacial score (nSPS) is 11.8. The summed E-state index contributed by atoms with van der Waals surface area (Å²) in [4.78, 5) is 28.3. The van der Waals surface area contributed by atoms with Crippen LogP contribution in [0.2, 0.25) is 0 Å². The van der Waals surface area contributed by atoms with Crippen LogP contribution in [0.25, 0.3) is 22.3 Å². The lowest BCUT2D eigenvalue weighted by Crippen LogP contribution is -2.24. The molecule has 0 aliphatic heterocycles. The number of thiazole rings is 1. The maximum atomic E-state index is 12.8. The molecule has 0 saturated carbocycles. The molecule has 5 aromatic rings. The summed E-state index contributed by atoms with van der Waals surface area (Å²) in [5.41, 5.74) is 2.58. The summed E-state index contributed by atoms with van der Waals surface area (Å²) in [6.45, 7) is 2.14. The highest BCUT2D eigenvalue weighted by molar-refractivity contribution is 7.15. The molecule has 0 unspecified atom stereocenters. The lowest BCUT2D eigenvalue weighted by molar-refractivity contribution is -0.384. The van der Waals surface area contributed by atoms with Gasteiger partial charge in [0.2, 0.25) is 4.96 Å². The van der Waals surface area contributed by atoms with Crippen LogP contribution in [0.15, 0.2) is 59.5 Å². The molecule has 164 valence electrons. The minimum atomic E-state index is -0.459. The van der Waals surface area contributed by atoms with Crippen molar-refractivity contribution in [3.63, 3.8) is 0 Å². The molecule has 5 rings (SSSR count). The number of nitro benzene ring substituents is 1. The predicted molar refractivity (Wildman–Crippen MR) is 122 cm³/mol. The van der Waals surface area contributed by atoms with Gasteiger partial charge in [-0.1, -0.05) is 41.2 Å². The highest BCUT2D eigenvalue weighted by Gasteiger charge is 2.14. The Hall–Kier alpha value is -4.38. The lowest BCUT2D eigenvalue weighted by atomic mass is 10.1. The van der Waals surface area contributed by atoms with Crippen LogP contribution in [0.3, 0.4) is 0 Å². The number of hydrogen-bond acceptors (Lipinski definition) is 8. The van der Waals surface area contributed by atoms with Crippen molar-refractivity contribution in [3.8, 4) is 17.0 Å². The summed E-state index contributed by atoms with van der Waals surface area (Å²) in [5, 5.41) is 22.2. The van der Waals surface area contributed by atoms with Gasteiger partial charge in [0.1, 0.15) is 12.4 Å². The zero-order valence-electron chi connectivity index (χ0n) is 17.3. The molecule has 3 aromatic heterocycles. The van der Waals surface area contributed by atoms with Crippen molar-refractivity contribution in [3.05, 3.63) is 96.7 Å². The van der Waals surface area contributed by atoms with Gasteiger partial charge < -0.3 is 4.74 Å². The SMILES string of the molecule is Cc1ccc(OCc2nc3sc(=Cc4cn[nH]c4-c4cccc([N+](=O)[O-])c4)c(=O)n3n2)cc1. The van der Waals surface area contributed by atoms with E-state index in [1.54, 1.807) is 24.4 Å². The monoisotopic (exact) mass is 460 g/mol. The average molecular weight is 460 g/mol. The van der Waals surface area contributed by atoms with Gasteiger partial charge in [-0.25, -0.2) is 0 Å². The minimum absolute atomic E-state index is 0.0308. The van der Waals surface area contributed by atoms with E-state index in [2.05, 4.69) is 20.3 Å². The van der Waals surface area contributed by atoms with Gasteiger partial charge in [-0.15, -0.1) is 5.10 Å². The molecule has 10 nitrogen and oxygen atoms in total. The van der Waals surface area contributed by atoms with Gasteiger partial charge in [-0.3, -0.25) is 20.0 Å². The number of rotatable bonds is 6. The van der Waals surface area contributed by atoms with E-state index < -0.39 is 4.92 Å². The largest absolute Gasteiger partial charge is 0.486 e. The second-order valence-corrected chi connectivity index (χ2v) is 8.26. The molecule has 33 heavy (non-hydrogen) atoms. The summed E-state index contributed by atoms with van der Waals surface area (Å²) in [6.07, 6.45) is 3.23. The van der Waals surface area contributed by atoms with E-state index in [1.165, 1.54) is 28.0 Å². The Morgan fingerprint density at radius 3 is 2.82 bits per heavy atom. The van der Waals surface area contributed by atoms with Gasteiger partial charge in [0.05, 0.1) is 21.3 Å². The number of aromatic nitrogens is 5. The third-order valence-corrected chi connectivity index (χ3v) is 5.87. The van der Waals surface area contributed by atoms with E-state index in [4.69, 9.17) is 4.74 Å². The summed E-state index contributed by atoms with van der Waals surface area (Å²) in [6, 6.07) is 13.8. The predicted octanol–water partition coefficient (Wildman–Crippen LogP) is 2.88. The van der Waals surface area contributed by atoms with Gasteiger partial charge in [0.15, 0.2) is 5.82 Å². The molecule has 0 fully saturated rings. The third-order valence-electron chi connectivity index (χ3n) is 4.92. The van der Waals surface area contributed by atoms with Crippen LogP contribution in [-0.4, -0.2) is 29.7 Å². The quantitative estimate of drug-likeness (QED) is 0.305. The fourth-order valence-electron chi connectivity index (χ4n) is 3.27. The molecule has 0 bridgehead atoms. The van der Waals surface area contributed by atoms with Crippen LogP contribution < -0.4 is 14.8 Å². The number of non-ortho nitro benzene ring substituents is 1. The number of H-pyrrole nitrogens is 1. The molecule has 0 radical (unpaired) electrons. The number of ether oxygens (including phenoxy) is 1. The first-order chi connectivity index (χ1) is 16.0. The number of nitro groups is 1. The van der Waals surface area contributed by atoms with E-state index in [9.17, 15) is 14.9 Å². The molecule has 0 atom stereocenters. The second-order valence-electron chi connectivity index (χ2n) is 7.25. The highest BCUT2D eigenvalue weighted by Crippen LogP contribution is 2.25. The Balaban J connectivity index is 1.43. The number of nitrogens with one attached hydrogen (secondary N) is 1. The Morgan fingerprint density at radius 1 is 1.24 bits per heavy atom. The first kappa shape index (κ1) is 20.5. The summed E-state index contributed by atoms with van der Waals surface area (Å²) in [7, 11) is 0. The first-order valence-corrected chi connectivity index (χ1v) is 10.7. The number of benzene rings is 2. The van der Waals surface area contributed by atoms with Crippen molar-refractivity contribution in [2.24, 2.45) is 0 Å². The fourth-order valence-corrected chi connectivity index (χ4v) is 4.19. The van der Waals surface area contributed by atoms with Gasteiger partial charge in [0, 0.05) is 23.3 Å². The standard InChI is InChI=1S/C22H16N6O4S/c1-13-5-7-17(8-6-13)32-12-19-24-22-27(26-19)21(29)18(33-22)10-15-11-23-25-20(15)14-3-2-4-16(9-14)28(30)31/h2-11H,12H2,1H3,(H,23,25). The van der Waals surface area contributed by atoms with Gasteiger partial charge >= 0.3 is 0 Å². The van der Waals surface area contributed by atoms with Crippen molar-refractivity contribution in [1.82, 2.24) is 24.8 Å². The molecule has 11 heteroatoms. The van der Waals surface area contributed by atoms with Crippen LogP contribution >= 0.6 is 11.3 Å². The Labute approximate surface area is 189 Å². The van der Waals surface area contributed by atoms with Crippen molar-refractivity contribution >= 4 is 28.1 Å². The van der Waals surface area contributed by atoms with Crippen molar-refractivity contribution < 1.29 is 9.66 Å². The Morgan fingerprint density at radius 2 is 2.06 bits per heavy atom. The molecule has 0 amide bonds. The van der Waals surface area contributed by atoms with Crippen LogP contribution in [0.1, 0.15) is 17.0 Å². The molecule has 0 aliphatic carbocycles. The van der Waals surface area contributed by atoms with Crippen molar-refractivity contribution in [2.45, 2.75) is 13.5 Å². The molecule has 2 aromatic carbocycles. The maximum Gasteiger partial charge on any atom is 0.291 e. The smallest absolute Gasteiger partial charge is 0.291 e. The first-order valence-electron chi connectivity index (χ1n) is 9.86. The number of fused-ring (bicyclic) bond motifs is 1. The van der Waals surface area contributed by atoms with Gasteiger partial charge in [-0.05, 0) is 25.1 Å². The van der Waals surface area contributed by atoms with Crippen LogP contribution in [0, 0.1) is 17.0 Å². The molecule has 1 N–H and O–H groups in total. The molecule has 0 saturated heterocycles. The second kappa shape index (κ2) is 8.28. The molecule has 0 spiro atoms. The van der Waals surface area contributed by atoms with E-state index in [-0.39, 0.29) is 17.9 Å². The number of aryl methyl sites for hydroxylation is 1. The lowest BCUT2D eigenvalue weighted by Gasteiger charge is -2.03. The van der Waals surface area contributed by atoms with Crippen LogP contribution in [0.4, 0.5) is 5.69 Å². The highest BCUT2D eigenvalue weighted by atomic mass is 32.1. The summed E-state index contributed by atoms with van der Waals surface area (Å²) < 4.78 is 7.36. The third kappa shape index (κ3) is 4.08. The zero-order chi connectivity index (χ0) is 22.9. The molecule has 3 heterocycles. The average Bonchev–Trinajstić information content (AvgIpc) is 3.51. The number of hydrogen-bond donors (Lipinski definition) is 1. The Kier molecular flexibility index (Phi) is 5.15. The topological polar surface area (TPSA) is 128 Å². The molecular formula is C22H16N6O4S. The minimum Gasteiger partial charge on any atom is -0.486 e. The van der Waals surface area contributed by atoms with Crippen LogP contribution in [-0.2, 0) is 6.61 Å². The summed E-state index contributed by atoms with van der Waals surface area (Å²) >= 11 is 1.19. The zero-order valence-corrected chi connectivity index (χ0v) is 18.1. The van der Waals surface area contributed by atoms with E-state index in [1.807, 2.05) is 31.2 Å². The molecular weight excluding hydrogens is 444 g/mol. The van der Waals surface area contributed by atoms with Crippen molar-refractivity contribution in [1.29, 1.82) is 0 Å². The van der Waals surface area contributed by atoms with E-state index in [0.29, 0.717) is 37.9 Å². The fraction of sp³-hybridized carbons (Fsp3) is 0.0909. The molecule has 0 aliphatic rings. The van der Waals surface area contributed by atoms with E-state index in [0.717, 1.165) is 5.56 Å². The van der Waals surface area contributed by atoms with Gasteiger partial charge in [-0.2, -0.15) is 14.6 Å². The number of nitrogens with zero attached hydrogens (tertiary/aromatic N) is 5. The Bertz CT molecular complexity index is 1590. The maximum absolute atomic E-state index is 12.8.